The van der Waals surface area contributed by atoms with Crippen LogP contribution in [-0.4, -0.2) is 41.3 Å². The van der Waals surface area contributed by atoms with Crippen LogP contribution in [0, 0.1) is 0 Å². The molecule has 0 saturated heterocycles. The van der Waals surface area contributed by atoms with Gasteiger partial charge in [-0.05, 0) is 41.8 Å². The zero-order valence-electron chi connectivity index (χ0n) is 16.5. The van der Waals surface area contributed by atoms with Crippen molar-refractivity contribution in [3.63, 3.8) is 0 Å². The Labute approximate surface area is 169 Å². The molecule has 0 aliphatic carbocycles. The molecule has 1 unspecified atom stereocenters. The predicted octanol–water partition coefficient (Wildman–Crippen LogP) is 2.77. The molecular formula is C22H23N3O4. The molecule has 29 heavy (non-hydrogen) atoms. The third-order valence-corrected chi connectivity index (χ3v) is 4.78. The van der Waals surface area contributed by atoms with E-state index in [0.717, 1.165) is 22.4 Å². The number of hydrogen-bond acceptors (Lipinski definition) is 4. The molecule has 1 atom stereocenters. The largest absolute Gasteiger partial charge is 0.503 e. The van der Waals surface area contributed by atoms with Crippen LogP contribution in [0.3, 0.4) is 0 Å². The van der Waals surface area contributed by atoms with Gasteiger partial charge in [0.15, 0.2) is 5.76 Å². The van der Waals surface area contributed by atoms with Gasteiger partial charge in [-0.15, -0.1) is 0 Å². The van der Waals surface area contributed by atoms with Crippen LogP contribution < -0.4 is 10.6 Å². The summed E-state index contributed by atoms with van der Waals surface area (Å²) in [7, 11) is 1.53. The molecule has 1 heterocycles. The van der Waals surface area contributed by atoms with Gasteiger partial charge in [-0.25, -0.2) is 0 Å². The van der Waals surface area contributed by atoms with Gasteiger partial charge in [-0.3, -0.25) is 14.4 Å². The standard InChI is InChI=1S/C22H23N3O4/c1-13(23-21(28)19-12-25(3)22(29)20(19)27)16-5-4-6-17(11-16)15-7-9-18(10-8-15)24-14(2)26/h4-11,13,27H,12H2,1-3H3,(H,23,28)(H,24,26). The zero-order chi connectivity index (χ0) is 21.1. The summed E-state index contributed by atoms with van der Waals surface area (Å²) < 4.78 is 0. The van der Waals surface area contributed by atoms with Crippen molar-refractivity contribution in [2.75, 3.05) is 18.9 Å². The SMILES string of the molecule is CC(=O)Nc1ccc(-c2cccc(C(C)NC(=O)C3=C(O)C(=O)N(C)C3)c2)cc1. The van der Waals surface area contributed by atoms with E-state index >= 15 is 0 Å². The summed E-state index contributed by atoms with van der Waals surface area (Å²) in [6.45, 7) is 3.39. The second-order valence-corrected chi connectivity index (χ2v) is 7.07. The highest BCUT2D eigenvalue weighted by molar-refractivity contribution is 6.06. The van der Waals surface area contributed by atoms with Crippen molar-refractivity contribution < 1.29 is 19.5 Å². The first-order chi connectivity index (χ1) is 13.8. The number of nitrogens with zero attached hydrogens (tertiary/aromatic N) is 1. The Bertz CT molecular complexity index is 995. The summed E-state index contributed by atoms with van der Waals surface area (Å²) in [4.78, 5) is 36.6. The molecule has 0 spiro atoms. The molecule has 2 aromatic rings. The smallest absolute Gasteiger partial charge is 0.289 e. The Morgan fingerprint density at radius 3 is 2.38 bits per heavy atom. The van der Waals surface area contributed by atoms with Gasteiger partial charge < -0.3 is 20.6 Å². The molecule has 2 aromatic carbocycles. The fraction of sp³-hybridized carbons (Fsp3) is 0.227. The molecule has 0 saturated carbocycles. The summed E-state index contributed by atoms with van der Waals surface area (Å²) in [5.41, 5.74) is 3.63. The maximum absolute atomic E-state index is 12.5. The van der Waals surface area contributed by atoms with Crippen molar-refractivity contribution in [1.82, 2.24) is 10.2 Å². The number of carbonyl (C=O) groups is 3. The number of hydrogen-bond donors (Lipinski definition) is 3. The van der Waals surface area contributed by atoms with Crippen LogP contribution in [0.15, 0.2) is 59.9 Å². The highest BCUT2D eigenvalue weighted by Gasteiger charge is 2.32. The molecule has 3 N–H and O–H groups in total. The minimum atomic E-state index is -0.549. The molecule has 3 amide bonds. The van der Waals surface area contributed by atoms with E-state index in [-0.39, 0.29) is 24.1 Å². The number of anilines is 1. The fourth-order valence-electron chi connectivity index (χ4n) is 3.18. The maximum Gasteiger partial charge on any atom is 0.289 e. The van der Waals surface area contributed by atoms with Gasteiger partial charge in [0.05, 0.1) is 18.2 Å². The van der Waals surface area contributed by atoms with Crippen LogP contribution in [0.4, 0.5) is 5.69 Å². The monoisotopic (exact) mass is 393 g/mol. The van der Waals surface area contributed by atoms with E-state index in [9.17, 15) is 19.5 Å². The molecule has 0 aromatic heterocycles. The van der Waals surface area contributed by atoms with Crippen LogP contribution in [0.1, 0.15) is 25.5 Å². The Balaban J connectivity index is 1.74. The Morgan fingerprint density at radius 1 is 1.10 bits per heavy atom. The van der Waals surface area contributed by atoms with E-state index in [1.165, 1.54) is 18.9 Å². The quantitative estimate of drug-likeness (QED) is 0.727. The summed E-state index contributed by atoms with van der Waals surface area (Å²) in [6.07, 6.45) is 0. The topological polar surface area (TPSA) is 98.7 Å². The highest BCUT2D eigenvalue weighted by Crippen LogP contribution is 2.25. The van der Waals surface area contributed by atoms with Gasteiger partial charge in [-0.2, -0.15) is 0 Å². The molecule has 7 nitrogen and oxygen atoms in total. The number of carbonyl (C=O) groups excluding carboxylic acids is 3. The molecule has 3 rings (SSSR count). The number of benzene rings is 2. The molecule has 0 fully saturated rings. The second-order valence-electron chi connectivity index (χ2n) is 7.07. The van der Waals surface area contributed by atoms with Crippen LogP contribution in [0.25, 0.3) is 11.1 Å². The van der Waals surface area contributed by atoms with Crippen molar-refractivity contribution in [3.8, 4) is 11.1 Å². The third kappa shape index (κ3) is 4.45. The van der Waals surface area contributed by atoms with Crippen molar-refractivity contribution in [2.24, 2.45) is 0 Å². The Hall–Kier alpha value is -3.61. The van der Waals surface area contributed by atoms with E-state index in [4.69, 9.17) is 0 Å². The molecule has 0 bridgehead atoms. The van der Waals surface area contributed by atoms with Crippen LogP contribution in [0.2, 0.25) is 0 Å². The first kappa shape index (κ1) is 20.1. The van der Waals surface area contributed by atoms with Crippen molar-refractivity contribution in [2.45, 2.75) is 19.9 Å². The number of rotatable bonds is 5. The van der Waals surface area contributed by atoms with Crippen molar-refractivity contribution in [3.05, 3.63) is 65.4 Å². The van der Waals surface area contributed by atoms with Crippen LogP contribution in [0.5, 0.6) is 0 Å². The first-order valence-electron chi connectivity index (χ1n) is 9.22. The lowest BCUT2D eigenvalue weighted by Crippen LogP contribution is -2.30. The van der Waals surface area contributed by atoms with Gasteiger partial charge in [0.25, 0.3) is 11.8 Å². The van der Waals surface area contributed by atoms with E-state index in [2.05, 4.69) is 10.6 Å². The Morgan fingerprint density at radius 2 is 1.79 bits per heavy atom. The van der Waals surface area contributed by atoms with Gasteiger partial charge in [0.2, 0.25) is 5.91 Å². The van der Waals surface area contributed by atoms with Gasteiger partial charge in [0.1, 0.15) is 0 Å². The van der Waals surface area contributed by atoms with E-state index < -0.39 is 17.6 Å². The van der Waals surface area contributed by atoms with E-state index in [0.29, 0.717) is 0 Å². The number of aliphatic hydroxyl groups is 1. The average molecular weight is 393 g/mol. The lowest BCUT2D eigenvalue weighted by Gasteiger charge is -2.16. The number of nitrogens with one attached hydrogen (secondary N) is 2. The summed E-state index contributed by atoms with van der Waals surface area (Å²) in [5.74, 6) is -1.63. The van der Waals surface area contributed by atoms with Gasteiger partial charge in [-0.1, -0.05) is 30.3 Å². The zero-order valence-corrected chi connectivity index (χ0v) is 16.5. The molecular weight excluding hydrogens is 370 g/mol. The predicted molar refractivity (Wildman–Crippen MR) is 110 cm³/mol. The maximum atomic E-state index is 12.5. The number of likely N-dealkylation sites (N-methyl/N-ethyl adjacent to an activating group) is 1. The minimum absolute atomic E-state index is 0.0778. The van der Waals surface area contributed by atoms with Crippen LogP contribution >= 0.6 is 0 Å². The molecule has 1 aliphatic rings. The summed E-state index contributed by atoms with van der Waals surface area (Å²) >= 11 is 0. The van der Waals surface area contributed by atoms with E-state index in [1.807, 2.05) is 55.5 Å². The van der Waals surface area contributed by atoms with Crippen molar-refractivity contribution >= 4 is 23.4 Å². The average Bonchev–Trinajstić information content (AvgIpc) is 2.95. The first-order valence-corrected chi connectivity index (χ1v) is 9.22. The minimum Gasteiger partial charge on any atom is -0.503 e. The van der Waals surface area contributed by atoms with E-state index in [1.54, 1.807) is 0 Å². The highest BCUT2D eigenvalue weighted by atomic mass is 16.3. The number of amides is 3. The molecule has 7 heteroatoms. The number of aliphatic hydroxyl groups excluding tert-OH is 1. The summed E-state index contributed by atoms with van der Waals surface area (Å²) in [6, 6.07) is 14.9. The second kappa shape index (κ2) is 8.18. The normalized spacial score (nSPS) is 14.7. The lowest BCUT2D eigenvalue weighted by atomic mass is 9.99. The van der Waals surface area contributed by atoms with Gasteiger partial charge >= 0.3 is 0 Å². The van der Waals surface area contributed by atoms with Crippen molar-refractivity contribution in [1.29, 1.82) is 0 Å². The van der Waals surface area contributed by atoms with Gasteiger partial charge in [0, 0.05) is 19.7 Å². The lowest BCUT2D eigenvalue weighted by molar-refractivity contribution is -0.126. The molecule has 0 radical (unpaired) electrons. The molecule has 1 aliphatic heterocycles. The molecule has 150 valence electrons. The van der Waals surface area contributed by atoms with Crippen LogP contribution in [-0.2, 0) is 14.4 Å². The fourth-order valence-corrected chi connectivity index (χ4v) is 3.18. The third-order valence-electron chi connectivity index (χ3n) is 4.78. The summed E-state index contributed by atoms with van der Waals surface area (Å²) in [5, 5.41) is 15.4. The Kier molecular flexibility index (Phi) is 5.68.